The van der Waals surface area contributed by atoms with Crippen LogP contribution in [0.1, 0.15) is 5.48 Å². The largest absolute Gasteiger partial charge is 0.256 e. The van der Waals surface area contributed by atoms with Gasteiger partial charge in [0, 0.05) is 31.9 Å². The van der Waals surface area contributed by atoms with E-state index >= 15 is 0 Å². The number of benzene rings is 2. The lowest BCUT2D eigenvalue weighted by molar-refractivity contribution is 1.33. The Bertz CT molecular complexity index is 1070. The Morgan fingerprint density at radius 1 is 0.947 bits per heavy atom. The van der Waals surface area contributed by atoms with Crippen LogP contribution in [0.3, 0.4) is 0 Å². The lowest BCUT2D eigenvalue weighted by Gasteiger charge is -2.00. The van der Waals surface area contributed by atoms with Crippen LogP contribution in [0.15, 0.2) is 66.8 Å². The van der Waals surface area contributed by atoms with E-state index in [0.717, 1.165) is 10.1 Å². The van der Waals surface area contributed by atoms with Gasteiger partial charge in [-0.25, -0.2) is 0 Å². The van der Waals surface area contributed by atoms with Gasteiger partial charge >= 0.3 is 0 Å². The Morgan fingerprint density at radius 3 is 2.84 bits per heavy atom. The topological polar surface area (TPSA) is 12.9 Å². The van der Waals surface area contributed by atoms with Gasteiger partial charge in [0.25, 0.3) is 0 Å². The number of aromatic nitrogens is 1. The summed E-state index contributed by atoms with van der Waals surface area (Å²) in [7, 11) is 0. The lowest BCUT2D eigenvalue weighted by Crippen LogP contribution is -1.80. The highest BCUT2D eigenvalue weighted by atomic mass is 32.1. The standard InChI is InChI=1S/C17H11NS/c1-2-7-16-13(5-1)14-9-8-12(11-17(14)19-16)15-6-3-4-10-18-15/h1-11H/i3D,4D,6D,10D. The smallest absolute Gasteiger partial charge is 0.0840 e. The molecule has 90 valence electrons. The zero-order valence-electron chi connectivity index (χ0n) is 13.9. The Morgan fingerprint density at radius 2 is 1.84 bits per heavy atom. The van der Waals surface area contributed by atoms with Crippen LogP contribution in [0.5, 0.6) is 0 Å². The van der Waals surface area contributed by atoms with Gasteiger partial charge in [-0.1, -0.05) is 36.4 Å². The van der Waals surface area contributed by atoms with Gasteiger partial charge in [0.2, 0.25) is 0 Å². The fourth-order valence-electron chi connectivity index (χ4n) is 2.24. The van der Waals surface area contributed by atoms with Crippen molar-refractivity contribution in [1.29, 1.82) is 0 Å². The van der Waals surface area contributed by atoms with E-state index in [2.05, 4.69) is 17.1 Å². The van der Waals surface area contributed by atoms with Gasteiger partial charge in [0.05, 0.1) is 11.2 Å². The molecule has 0 amide bonds. The van der Waals surface area contributed by atoms with Gasteiger partial charge in [-0.2, -0.15) is 0 Å². The first-order valence-corrected chi connectivity index (χ1v) is 6.74. The van der Waals surface area contributed by atoms with E-state index in [1.165, 1.54) is 10.1 Å². The fraction of sp³-hybridized carbons (Fsp3) is 0. The quantitative estimate of drug-likeness (QED) is 0.465. The van der Waals surface area contributed by atoms with E-state index in [4.69, 9.17) is 5.48 Å². The zero-order chi connectivity index (χ0) is 16.1. The number of nitrogens with zero attached hydrogens (tertiary/aromatic N) is 1. The van der Waals surface area contributed by atoms with Crippen LogP contribution in [0.25, 0.3) is 31.4 Å². The molecule has 4 aromatic rings. The maximum Gasteiger partial charge on any atom is 0.0840 e. The van der Waals surface area contributed by atoms with Crippen LogP contribution in [-0.2, 0) is 0 Å². The van der Waals surface area contributed by atoms with Crippen molar-refractivity contribution in [3.63, 3.8) is 0 Å². The van der Waals surface area contributed by atoms with E-state index in [1.807, 2.05) is 30.3 Å². The third kappa shape index (κ3) is 1.72. The molecule has 0 N–H and O–H groups in total. The second-order valence-corrected chi connectivity index (χ2v) is 5.34. The molecule has 0 aliphatic carbocycles. The highest BCUT2D eigenvalue weighted by Gasteiger charge is 2.06. The highest BCUT2D eigenvalue weighted by Crippen LogP contribution is 2.35. The van der Waals surface area contributed by atoms with Crippen LogP contribution in [0.2, 0.25) is 0 Å². The van der Waals surface area contributed by atoms with Crippen LogP contribution >= 0.6 is 11.3 Å². The molecule has 0 unspecified atom stereocenters. The average Bonchev–Trinajstić information content (AvgIpc) is 2.94. The van der Waals surface area contributed by atoms with Crippen molar-refractivity contribution in [2.24, 2.45) is 0 Å². The van der Waals surface area contributed by atoms with Gasteiger partial charge < -0.3 is 0 Å². The minimum atomic E-state index is -0.304. The molecule has 1 nitrogen and oxygen atoms in total. The maximum absolute atomic E-state index is 8.04. The fourth-order valence-corrected chi connectivity index (χ4v) is 3.39. The Labute approximate surface area is 120 Å². The maximum atomic E-state index is 8.04. The summed E-state index contributed by atoms with van der Waals surface area (Å²) in [5.41, 5.74) is 0.992. The number of fused-ring (bicyclic) bond motifs is 3. The van der Waals surface area contributed by atoms with Crippen molar-refractivity contribution < 1.29 is 5.48 Å². The third-order valence-corrected chi connectivity index (χ3v) is 4.25. The van der Waals surface area contributed by atoms with E-state index in [-0.39, 0.29) is 30.0 Å². The molecule has 0 atom stereocenters. The molecule has 0 aliphatic heterocycles. The van der Waals surface area contributed by atoms with Gasteiger partial charge in [-0.3, -0.25) is 4.98 Å². The van der Waals surface area contributed by atoms with Crippen molar-refractivity contribution >= 4 is 31.5 Å². The van der Waals surface area contributed by atoms with Crippen LogP contribution in [0, 0.1) is 0 Å². The van der Waals surface area contributed by atoms with Crippen molar-refractivity contribution in [2.75, 3.05) is 0 Å². The second kappa shape index (κ2) is 4.18. The first-order valence-electron chi connectivity index (χ1n) is 7.92. The number of rotatable bonds is 1. The van der Waals surface area contributed by atoms with Crippen molar-refractivity contribution in [1.82, 2.24) is 4.98 Å². The van der Waals surface area contributed by atoms with E-state index < -0.39 is 0 Å². The molecule has 4 rings (SSSR count). The lowest BCUT2D eigenvalue weighted by atomic mass is 10.1. The number of thiophene rings is 1. The predicted molar refractivity (Wildman–Crippen MR) is 82.6 cm³/mol. The van der Waals surface area contributed by atoms with E-state index in [1.54, 1.807) is 11.3 Å². The predicted octanol–water partition coefficient (Wildman–Crippen LogP) is 5.12. The third-order valence-electron chi connectivity index (χ3n) is 3.12. The van der Waals surface area contributed by atoms with Gasteiger partial charge in [0.15, 0.2) is 0 Å². The van der Waals surface area contributed by atoms with Crippen LogP contribution in [-0.4, -0.2) is 4.98 Å². The number of hydrogen-bond acceptors (Lipinski definition) is 2. The molecule has 0 fully saturated rings. The summed E-state index contributed by atoms with van der Waals surface area (Å²) >= 11 is 1.67. The molecular weight excluding hydrogens is 250 g/mol. The van der Waals surface area contributed by atoms with E-state index in [0.29, 0.717) is 5.56 Å². The molecule has 0 saturated carbocycles. The molecule has 0 saturated heterocycles. The minimum absolute atomic E-state index is 0.105. The Balaban J connectivity index is 1.98. The Hall–Kier alpha value is -2.19. The summed E-state index contributed by atoms with van der Waals surface area (Å²) in [4.78, 5) is 4.04. The molecule has 0 bridgehead atoms. The Kier molecular flexibility index (Phi) is 1.63. The summed E-state index contributed by atoms with van der Waals surface area (Å²) in [6, 6.07) is 13.3. The molecule has 0 radical (unpaired) electrons. The molecule has 2 aromatic carbocycles. The molecule has 0 aliphatic rings. The second-order valence-electron chi connectivity index (χ2n) is 4.26. The molecule has 19 heavy (non-hydrogen) atoms. The van der Waals surface area contributed by atoms with Crippen molar-refractivity contribution in [2.45, 2.75) is 0 Å². The monoisotopic (exact) mass is 265 g/mol. The summed E-state index contributed by atoms with van der Waals surface area (Å²) in [6.45, 7) is 0. The van der Waals surface area contributed by atoms with Crippen molar-refractivity contribution in [3.8, 4) is 11.3 Å². The van der Waals surface area contributed by atoms with Gasteiger partial charge in [0.1, 0.15) is 0 Å². The van der Waals surface area contributed by atoms with Crippen LogP contribution < -0.4 is 0 Å². The van der Waals surface area contributed by atoms with E-state index in [9.17, 15) is 0 Å². The zero-order valence-corrected chi connectivity index (χ0v) is 10.7. The summed E-state index contributed by atoms with van der Waals surface area (Å²) in [5, 5.41) is 2.34. The minimum Gasteiger partial charge on any atom is -0.256 e. The number of pyridine rings is 1. The molecule has 2 aromatic heterocycles. The summed E-state index contributed by atoms with van der Waals surface area (Å²) in [5.74, 6) is 0. The average molecular weight is 265 g/mol. The SMILES string of the molecule is [2H]c1nc(-c2ccc3c(c2)sc2ccccc23)c([2H])c([2H])c1[2H]. The highest BCUT2D eigenvalue weighted by molar-refractivity contribution is 7.25. The first-order chi connectivity index (χ1) is 11.1. The van der Waals surface area contributed by atoms with Crippen molar-refractivity contribution in [3.05, 3.63) is 66.8 Å². The molecule has 2 heteroatoms. The van der Waals surface area contributed by atoms with Crippen LogP contribution in [0.4, 0.5) is 0 Å². The number of hydrogen-bond donors (Lipinski definition) is 0. The first kappa shape index (κ1) is 7.41. The molecule has 0 spiro atoms. The normalized spacial score (nSPS) is 14.1. The summed E-state index contributed by atoms with van der Waals surface area (Å²) in [6.07, 6.45) is -0.266. The van der Waals surface area contributed by atoms with Gasteiger partial charge in [-0.15, -0.1) is 11.3 Å². The molecule has 2 heterocycles. The molecular formula is C17H11NS. The van der Waals surface area contributed by atoms with Gasteiger partial charge in [-0.05, 0) is 24.2 Å². The summed E-state index contributed by atoms with van der Waals surface area (Å²) < 4.78 is 33.4.